The average Bonchev–Trinajstić information content (AvgIpc) is 3.10. The molecule has 0 N–H and O–H groups in total. The highest BCUT2D eigenvalue weighted by molar-refractivity contribution is 5.88. The summed E-state index contributed by atoms with van der Waals surface area (Å²) >= 11 is 0. The predicted octanol–water partition coefficient (Wildman–Crippen LogP) is 1.34. The van der Waals surface area contributed by atoms with Crippen molar-refractivity contribution in [1.82, 2.24) is 9.88 Å². The summed E-state index contributed by atoms with van der Waals surface area (Å²) in [4.78, 5) is 17.5. The molecule has 2 rings (SSSR count). The highest BCUT2D eigenvalue weighted by Crippen LogP contribution is 2.46. The van der Waals surface area contributed by atoms with Crippen molar-refractivity contribution >= 4 is 5.91 Å². The summed E-state index contributed by atoms with van der Waals surface area (Å²) in [5, 5.41) is 8.93. The van der Waals surface area contributed by atoms with Crippen LogP contribution in [-0.2, 0) is 11.3 Å². The minimum atomic E-state index is -0.725. The van der Waals surface area contributed by atoms with Crippen LogP contribution >= 0.6 is 0 Å². The first-order valence-electron chi connectivity index (χ1n) is 5.24. The second-order valence-corrected chi connectivity index (χ2v) is 4.22. The van der Waals surface area contributed by atoms with Crippen molar-refractivity contribution < 1.29 is 4.79 Å². The summed E-state index contributed by atoms with van der Waals surface area (Å²) in [7, 11) is 1.73. The molecule has 1 aliphatic rings. The molecular weight excluding hydrogens is 202 g/mol. The van der Waals surface area contributed by atoms with E-state index in [-0.39, 0.29) is 5.91 Å². The molecule has 1 saturated carbocycles. The Morgan fingerprint density at radius 3 is 2.94 bits per heavy atom. The average molecular weight is 215 g/mol. The molecule has 0 unspecified atom stereocenters. The van der Waals surface area contributed by atoms with Gasteiger partial charge in [-0.2, -0.15) is 5.26 Å². The zero-order valence-corrected chi connectivity index (χ0v) is 9.18. The largest absolute Gasteiger partial charge is 0.340 e. The monoisotopic (exact) mass is 215 g/mol. The third-order valence-corrected chi connectivity index (χ3v) is 2.86. The molecule has 0 saturated heterocycles. The lowest BCUT2D eigenvalue weighted by molar-refractivity contribution is -0.134. The number of hydrogen-bond acceptors (Lipinski definition) is 3. The highest BCUT2D eigenvalue weighted by atomic mass is 16.2. The van der Waals surface area contributed by atoms with Crippen LogP contribution in [0.5, 0.6) is 0 Å². The molecule has 0 radical (unpaired) electrons. The Bertz CT molecular complexity index is 431. The highest BCUT2D eigenvalue weighted by Gasteiger charge is 2.51. The molecule has 16 heavy (non-hydrogen) atoms. The van der Waals surface area contributed by atoms with Gasteiger partial charge >= 0.3 is 0 Å². The first-order chi connectivity index (χ1) is 7.68. The minimum Gasteiger partial charge on any atom is -0.340 e. The molecule has 0 spiro atoms. The van der Waals surface area contributed by atoms with Gasteiger partial charge < -0.3 is 4.90 Å². The van der Waals surface area contributed by atoms with Gasteiger partial charge in [-0.15, -0.1) is 0 Å². The topological polar surface area (TPSA) is 57.0 Å². The number of hydrogen-bond donors (Lipinski definition) is 0. The van der Waals surface area contributed by atoms with E-state index in [9.17, 15) is 4.79 Å². The molecule has 0 atom stereocenters. The molecular formula is C12H13N3O. The van der Waals surface area contributed by atoms with E-state index in [4.69, 9.17) is 5.26 Å². The SMILES string of the molecule is CN(Cc1cccnc1)C(=O)C1(C#N)CC1. The Morgan fingerprint density at radius 2 is 2.44 bits per heavy atom. The van der Waals surface area contributed by atoms with Crippen LogP contribution in [0.25, 0.3) is 0 Å². The maximum absolute atomic E-state index is 11.9. The molecule has 0 aliphatic heterocycles. The van der Waals surface area contributed by atoms with Crippen molar-refractivity contribution in [3.63, 3.8) is 0 Å². The van der Waals surface area contributed by atoms with Gasteiger partial charge in [0.25, 0.3) is 0 Å². The minimum absolute atomic E-state index is 0.0705. The maximum Gasteiger partial charge on any atom is 0.243 e. The van der Waals surface area contributed by atoms with Crippen LogP contribution < -0.4 is 0 Å². The molecule has 1 aliphatic carbocycles. The normalized spacial score (nSPS) is 16.2. The zero-order chi connectivity index (χ0) is 11.6. The molecule has 1 amide bonds. The van der Waals surface area contributed by atoms with Crippen LogP contribution in [0, 0.1) is 16.7 Å². The summed E-state index contributed by atoms with van der Waals surface area (Å²) in [5.41, 5.74) is 0.254. The second kappa shape index (κ2) is 3.93. The third kappa shape index (κ3) is 1.89. The van der Waals surface area contributed by atoms with Crippen molar-refractivity contribution in [2.75, 3.05) is 7.05 Å². The van der Waals surface area contributed by atoms with Crippen molar-refractivity contribution in [2.24, 2.45) is 5.41 Å². The van der Waals surface area contributed by atoms with Gasteiger partial charge in [-0.05, 0) is 24.5 Å². The van der Waals surface area contributed by atoms with E-state index in [1.807, 2.05) is 12.1 Å². The number of pyridine rings is 1. The van der Waals surface area contributed by atoms with E-state index in [1.165, 1.54) is 0 Å². The maximum atomic E-state index is 11.9. The molecule has 0 bridgehead atoms. The zero-order valence-electron chi connectivity index (χ0n) is 9.18. The van der Waals surface area contributed by atoms with Crippen molar-refractivity contribution in [1.29, 1.82) is 5.26 Å². The number of nitriles is 1. The molecule has 1 fully saturated rings. The molecule has 1 aromatic rings. The number of amides is 1. The molecule has 82 valence electrons. The molecule has 4 heteroatoms. The molecule has 1 aromatic heterocycles. The molecule has 1 heterocycles. The summed E-state index contributed by atoms with van der Waals surface area (Å²) in [5.74, 6) is -0.0705. The van der Waals surface area contributed by atoms with Crippen LogP contribution in [0.2, 0.25) is 0 Å². The van der Waals surface area contributed by atoms with Crippen LogP contribution in [0.3, 0.4) is 0 Å². The smallest absolute Gasteiger partial charge is 0.243 e. The van der Waals surface area contributed by atoms with Crippen molar-refractivity contribution in [2.45, 2.75) is 19.4 Å². The summed E-state index contributed by atoms with van der Waals surface area (Å²) in [6, 6.07) is 5.87. The number of carbonyl (C=O) groups is 1. The summed E-state index contributed by atoms with van der Waals surface area (Å²) in [6.07, 6.45) is 4.82. The number of carbonyl (C=O) groups excluding carboxylic acids is 1. The quantitative estimate of drug-likeness (QED) is 0.764. The van der Waals surface area contributed by atoms with Gasteiger partial charge in [-0.3, -0.25) is 9.78 Å². The first-order valence-corrected chi connectivity index (χ1v) is 5.24. The predicted molar refractivity (Wildman–Crippen MR) is 58.0 cm³/mol. The fourth-order valence-corrected chi connectivity index (χ4v) is 1.70. The lowest BCUT2D eigenvalue weighted by atomic mass is 10.1. The van der Waals surface area contributed by atoms with Crippen LogP contribution in [0.15, 0.2) is 24.5 Å². The summed E-state index contributed by atoms with van der Waals surface area (Å²) < 4.78 is 0. The number of aromatic nitrogens is 1. The Hall–Kier alpha value is -1.89. The Labute approximate surface area is 94.5 Å². The van der Waals surface area contributed by atoms with Crippen LogP contribution in [0.4, 0.5) is 0 Å². The van der Waals surface area contributed by atoms with Gasteiger partial charge in [-0.1, -0.05) is 6.07 Å². The van der Waals surface area contributed by atoms with Gasteiger partial charge in [0.2, 0.25) is 5.91 Å². The van der Waals surface area contributed by atoms with E-state index in [0.29, 0.717) is 19.4 Å². The lowest BCUT2D eigenvalue weighted by Gasteiger charge is -2.19. The Balaban J connectivity index is 2.02. The first kappa shape index (κ1) is 10.6. The molecule has 4 nitrogen and oxygen atoms in total. The van der Waals surface area contributed by atoms with Gasteiger partial charge in [0, 0.05) is 26.0 Å². The van der Waals surface area contributed by atoms with Crippen LogP contribution in [-0.4, -0.2) is 22.8 Å². The lowest BCUT2D eigenvalue weighted by Crippen LogP contribution is -2.33. The van der Waals surface area contributed by atoms with E-state index in [0.717, 1.165) is 5.56 Å². The Morgan fingerprint density at radius 1 is 1.69 bits per heavy atom. The number of nitrogens with zero attached hydrogens (tertiary/aromatic N) is 3. The summed E-state index contributed by atoms with van der Waals surface area (Å²) in [6.45, 7) is 0.510. The van der Waals surface area contributed by atoms with E-state index >= 15 is 0 Å². The second-order valence-electron chi connectivity index (χ2n) is 4.22. The van der Waals surface area contributed by atoms with Gasteiger partial charge in [-0.25, -0.2) is 0 Å². The standard InChI is InChI=1S/C12H13N3O/c1-15(8-10-3-2-6-14-7-10)11(16)12(9-13)4-5-12/h2-3,6-7H,4-5,8H2,1H3. The van der Waals surface area contributed by atoms with Crippen molar-refractivity contribution in [3.8, 4) is 6.07 Å². The van der Waals surface area contributed by atoms with E-state index in [1.54, 1.807) is 24.3 Å². The van der Waals surface area contributed by atoms with Gasteiger partial charge in [0.1, 0.15) is 5.41 Å². The fraction of sp³-hybridized carbons (Fsp3) is 0.417. The van der Waals surface area contributed by atoms with Crippen LogP contribution in [0.1, 0.15) is 18.4 Å². The fourth-order valence-electron chi connectivity index (χ4n) is 1.70. The number of rotatable bonds is 3. The van der Waals surface area contributed by atoms with E-state index < -0.39 is 5.41 Å². The van der Waals surface area contributed by atoms with Gasteiger partial charge in [0.15, 0.2) is 0 Å². The molecule has 0 aromatic carbocycles. The third-order valence-electron chi connectivity index (χ3n) is 2.86. The van der Waals surface area contributed by atoms with Gasteiger partial charge in [0.05, 0.1) is 6.07 Å². The van der Waals surface area contributed by atoms with E-state index in [2.05, 4.69) is 11.1 Å². The van der Waals surface area contributed by atoms with Crippen molar-refractivity contribution in [3.05, 3.63) is 30.1 Å². The Kier molecular flexibility index (Phi) is 2.61.